The molecule has 0 radical (unpaired) electrons. The number of carbonyl (C=O) groups excluding carboxylic acids is 1. The maximum Gasteiger partial charge on any atom is 0.178 e. The summed E-state index contributed by atoms with van der Waals surface area (Å²) in [4.78, 5) is 12.0. The van der Waals surface area contributed by atoms with Gasteiger partial charge in [0.15, 0.2) is 5.78 Å². The van der Waals surface area contributed by atoms with Gasteiger partial charge in [0.05, 0.1) is 4.75 Å². The predicted molar refractivity (Wildman–Crippen MR) is 71.3 cm³/mol. The van der Waals surface area contributed by atoms with Gasteiger partial charge in [-0.05, 0) is 30.7 Å². The number of rotatable bonds is 2. The molecule has 0 fully saturated rings. The Morgan fingerprint density at radius 2 is 1.69 bits per heavy atom. The molecule has 0 spiro atoms. The molecular formula is C14H14OS. The highest BCUT2D eigenvalue weighted by molar-refractivity contribution is 7.82. The standard InChI is InChI=1S/C14H14OS/c1-14(2,16)13(15)12-8-7-10-5-3-4-6-11(10)9-12/h3-9,16H,1-2H3. The first-order valence-corrected chi connectivity index (χ1v) is 5.69. The molecule has 82 valence electrons. The van der Waals surface area contributed by atoms with Crippen LogP contribution in [0.1, 0.15) is 24.2 Å². The Hall–Kier alpha value is -1.28. The van der Waals surface area contributed by atoms with Crippen LogP contribution in [0.4, 0.5) is 0 Å². The summed E-state index contributed by atoms with van der Waals surface area (Å²) in [6, 6.07) is 13.8. The van der Waals surface area contributed by atoms with Crippen LogP contribution in [0.2, 0.25) is 0 Å². The van der Waals surface area contributed by atoms with Gasteiger partial charge in [-0.3, -0.25) is 4.79 Å². The van der Waals surface area contributed by atoms with Crippen molar-refractivity contribution in [1.29, 1.82) is 0 Å². The number of fused-ring (bicyclic) bond motifs is 1. The van der Waals surface area contributed by atoms with Crippen LogP contribution in [-0.2, 0) is 0 Å². The molecular weight excluding hydrogens is 216 g/mol. The summed E-state index contributed by atoms with van der Waals surface area (Å²) < 4.78 is -0.623. The highest BCUT2D eigenvalue weighted by Gasteiger charge is 2.23. The monoisotopic (exact) mass is 230 g/mol. The largest absolute Gasteiger partial charge is 0.293 e. The first-order chi connectivity index (χ1) is 7.48. The smallest absolute Gasteiger partial charge is 0.178 e. The Balaban J connectivity index is 2.52. The summed E-state index contributed by atoms with van der Waals surface area (Å²) in [7, 11) is 0. The van der Waals surface area contributed by atoms with Crippen LogP contribution in [0.25, 0.3) is 10.8 Å². The van der Waals surface area contributed by atoms with E-state index < -0.39 is 4.75 Å². The first kappa shape index (κ1) is 11.2. The lowest BCUT2D eigenvalue weighted by molar-refractivity contribution is 0.0959. The third-order valence-electron chi connectivity index (χ3n) is 2.57. The Bertz CT molecular complexity index is 538. The zero-order valence-corrected chi connectivity index (χ0v) is 10.3. The molecule has 2 aromatic rings. The Morgan fingerprint density at radius 1 is 1.06 bits per heavy atom. The van der Waals surface area contributed by atoms with Crippen molar-refractivity contribution < 1.29 is 4.79 Å². The molecule has 2 heteroatoms. The third-order valence-corrected chi connectivity index (χ3v) is 2.77. The van der Waals surface area contributed by atoms with E-state index in [-0.39, 0.29) is 5.78 Å². The van der Waals surface area contributed by atoms with Gasteiger partial charge in [-0.25, -0.2) is 0 Å². The molecule has 0 aliphatic heterocycles. The molecule has 0 bridgehead atoms. The second-order valence-electron chi connectivity index (χ2n) is 4.45. The fourth-order valence-corrected chi connectivity index (χ4v) is 1.81. The van der Waals surface area contributed by atoms with Gasteiger partial charge in [0.2, 0.25) is 0 Å². The maximum absolute atomic E-state index is 12.0. The van der Waals surface area contributed by atoms with Gasteiger partial charge in [-0.15, -0.1) is 0 Å². The van der Waals surface area contributed by atoms with E-state index in [4.69, 9.17) is 0 Å². The van der Waals surface area contributed by atoms with Crippen molar-refractivity contribution in [2.45, 2.75) is 18.6 Å². The molecule has 0 aliphatic carbocycles. The lowest BCUT2D eigenvalue weighted by Crippen LogP contribution is -2.24. The first-order valence-electron chi connectivity index (χ1n) is 5.24. The van der Waals surface area contributed by atoms with E-state index in [2.05, 4.69) is 12.6 Å². The van der Waals surface area contributed by atoms with E-state index >= 15 is 0 Å². The molecule has 1 nitrogen and oxygen atoms in total. The van der Waals surface area contributed by atoms with Crippen LogP contribution in [0, 0.1) is 0 Å². The van der Waals surface area contributed by atoms with E-state index in [1.165, 1.54) is 0 Å². The second kappa shape index (κ2) is 3.95. The summed E-state index contributed by atoms with van der Waals surface area (Å²) in [5.41, 5.74) is 0.721. The molecule has 0 aliphatic rings. The molecule has 0 unspecified atom stereocenters. The lowest BCUT2D eigenvalue weighted by Gasteiger charge is -2.15. The topological polar surface area (TPSA) is 17.1 Å². The summed E-state index contributed by atoms with van der Waals surface area (Å²) in [5, 5.41) is 2.24. The molecule has 0 heterocycles. The number of hydrogen-bond acceptors (Lipinski definition) is 2. The number of thiol groups is 1. The average Bonchev–Trinajstić information content (AvgIpc) is 2.26. The summed E-state index contributed by atoms with van der Waals surface area (Å²) in [6.07, 6.45) is 0. The van der Waals surface area contributed by atoms with Gasteiger partial charge in [-0.1, -0.05) is 36.4 Å². The normalized spacial score (nSPS) is 11.7. The Labute approximate surface area is 101 Å². The van der Waals surface area contributed by atoms with E-state index in [1.807, 2.05) is 56.3 Å². The molecule has 16 heavy (non-hydrogen) atoms. The van der Waals surface area contributed by atoms with Gasteiger partial charge in [0.1, 0.15) is 0 Å². The summed E-state index contributed by atoms with van der Waals surface area (Å²) in [5.74, 6) is 0.0570. The number of Topliss-reactive ketones (excluding diaryl/α,β-unsaturated/α-hetero) is 1. The van der Waals surface area contributed by atoms with Crippen molar-refractivity contribution >= 4 is 29.2 Å². The van der Waals surface area contributed by atoms with Crippen molar-refractivity contribution in [2.24, 2.45) is 0 Å². The SMILES string of the molecule is CC(C)(S)C(=O)c1ccc2ccccc2c1. The number of benzene rings is 2. The van der Waals surface area contributed by atoms with Crippen molar-refractivity contribution in [3.05, 3.63) is 48.0 Å². The van der Waals surface area contributed by atoms with E-state index in [0.29, 0.717) is 0 Å². The van der Waals surface area contributed by atoms with E-state index in [9.17, 15) is 4.79 Å². The quantitative estimate of drug-likeness (QED) is 0.614. The molecule has 0 saturated heterocycles. The zero-order chi connectivity index (χ0) is 11.8. The summed E-state index contributed by atoms with van der Waals surface area (Å²) in [6.45, 7) is 3.63. The molecule has 0 amide bonds. The Morgan fingerprint density at radius 3 is 2.31 bits per heavy atom. The van der Waals surface area contributed by atoms with Gasteiger partial charge in [0, 0.05) is 5.56 Å². The van der Waals surface area contributed by atoms with Crippen LogP contribution in [0.3, 0.4) is 0 Å². The number of hydrogen-bond donors (Lipinski definition) is 1. The Kier molecular flexibility index (Phi) is 2.76. The van der Waals surface area contributed by atoms with Crippen molar-refractivity contribution in [3.63, 3.8) is 0 Å². The van der Waals surface area contributed by atoms with Crippen LogP contribution in [0.5, 0.6) is 0 Å². The maximum atomic E-state index is 12.0. The van der Waals surface area contributed by atoms with Gasteiger partial charge >= 0.3 is 0 Å². The molecule has 0 aromatic heterocycles. The minimum Gasteiger partial charge on any atom is -0.293 e. The molecule has 0 saturated carbocycles. The van der Waals surface area contributed by atoms with Gasteiger partial charge in [-0.2, -0.15) is 12.6 Å². The van der Waals surface area contributed by atoms with Crippen molar-refractivity contribution in [3.8, 4) is 0 Å². The van der Waals surface area contributed by atoms with Crippen LogP contribution in [-0.4, -0.2) is 10.5 Å². The number of ketones is 1. The lowest BCUT2D eigenvalue weighted by atomic mass is 9.97. The predicted octanol–water partition coefficient (Wildman–Crippen LogP) is 3.73. The van der Waals surface area contributed by atoms with E-state index in [0.717, 1.165) is 16.3 Å². The van der Waals surface area contributed by atoms with Crippen molar-refractivity contribution in [2.75, 3.05) is 0 Å². The minimum atomic E-state index is -0.623. The second-order valence-corrected chi connectivity index (χ2v) is 5.57. The number of carbonyl (C=O) groups is 1. The highest BCUT2D eigenvalue weighted by atomic mass is 32.1. The minimum absolute atomic E-state index is 0.0570. The highest BCUT2D eigenvalue weighted by Crippen LogP contribution is 2.22. The average molecular weight is 230 g/mol. The van der Waals surface area contributed by atoms with E-state index in [1.54, 1.807) is 0 Å². The van der Waals surface area contributed by atoms with Gasteiger partial charge in [0.25, 0.3) is 0 Å². The van der Waals surface area contributed by atoms with Crippen LogP contribution >= 0.6 is 12.6 Å². The third kappa shape index (κ3) is 2.12. The van der Waals surface area contributed by atoms with Crippen LogP contribution < -0.4 is 0 Å². The fourth-order valence-electron chi connectivity index (χ4n) is 1.68. The molecule has 0 atom stereocenters. The molecule has 2 aromatic carbocycles. The van der Waals surface area contributed by atoms with Crippen molar-refractivity contribution in [1.82, 2.24) is 0 Å². The van der Waals surface area contributed by atoms with Crippen LogP contribution in [0.15, 0.2) is 42.5 Å². The zero-order valence-electron chi connectivity index (χ0n) is 9.40. The fraction of sp³-hybridized carbons (Fsp3) is 0.214. The molecule has 0 N–H and O–H groups in total. The summed E-state index contributed by atoms with van der Waals surface area (Å²) >= 11 is 4.31. The molecule has 2 rings (SSSR count). The van der Waals surface area contributed by atoms with Gasteiger partial charge < -0.3 is 0 Å².